The molecule has 1 saturated heterocycles. The molecule has 1 amide bonds. The van der Waals surface area contributed by atoms with Crippen molar-refractivity contribution in [3.63, 3.8) is 0 Å². The van der Waals surface area contributed by atoms with E-state index in [1.54, 1.807) is 36.4 Å². The average Bonchev–Trinajstić information content (AvgIpc) is 3.29. The van der Waals surface area contributed by atoms with Gasteiger partial charge < -0.3 is 5.11 Å². The van der Waals surface area contributed by atoms with Gasteiger partial charge in [-0.3, -0.25) is 14.5 Å². The van der Waals surface area contributed by atoms with Gasteiger partial charge in [-0.1, -0.05) is 53.6 Å². The van der Waals surface area contributed by atoms with Crippen LogP contribution in [-0.2, 0) is 9.59 Å². The van der Waals surface area contributed by atoms with Crippen molar-refractivity contribution in [2.24, 2.45) is 0 Å². The molecule has 0 bridgehead atoms. The summed E-state index contributed by atoms with van der Waals surface area (Å²) in [6.45, 7) is 1.94. The molecule has 1 aliphatic heterocycles. The van der Waals surface area contributed by atoms with Crippen LogP contribution < -0.4 is 4.90 Å². The molecule has 1 aliphatic rings. The van der Waals surface area contributed by atoms with E-state index in [0.29, 0.717) is 16.3 Å². The highest BCUT2D eigenvalue weighted by Crippen LogP contribution is 2.43. The topological polar surface area (TPSA) is 57.6 Å². The van der Waals surface area contributed by atoms with Gasteiger partial charge >= 0.3 is 0 Å². The SMILES string of the molecule is Cc1ccc(/C(O)=C2/C(=O)C(=O)N(c3cccc(Cl)c3)C2c2cccs2)cc1. The molecule has 0 radical (unpaired) electrons. The van der Waals surface area contributed by atoms with Gasteiger partial charge in [0.25, 0.3) is 11.7 Å². The van der Waals surface area contributed by atoms with Crippen LogP contribution in [0.1, 0.15) is 22.0 Å². The summed E-state index contributed by atoms with van der Waals surface area (Å²) in [6.07, 6.45) is 0. The number of aryl methyl sites for hydroxylation is 1. The van der Waals surface area contributed by atoms with Gasteiger partial charge in [0.1, 0.15) is 11.8 Å². The maximum atomic E-state index is 12.9. The summed E-state index contributed by atoms with van der Waals surface area (Å²) in [5.41, 5.74) is 2.12. The van der Waals surface area contributed by atoms with Crippen LogP contribution in [0.4, 0.5) is 5.69 Å². The summed E-state index contributed by atoms with van der Waals surface area (Å²) >= 11 is 7.53. The highest BCUT2D eigenvalue weighted by molar-refractivity contribution is 7.10. The van der Waals surface area contributed by atoms with Crippen molar-refractivity contribution in [1.82, 2.24) is 0 Å². The van der Waals surface area contributed by atoms with E-state index in [1.165, 1.54) is 16.2 Å². The van der Waals surface area contributed by atoms with Gasteiger partial charge in [-0.25, -0.2) is 0 Å². The van der Waals surface area contributed by atoms with Gasteiger partial charge in [0.2, 0.25) is 0 Å². The van der Waals surface area contributed by atoms with Crippen molar-refractivity contribution in [1.29, 1.82) is 0 Å². The molecule has 1 N–H and O–H groups in total. The Bertz CT molecular complexity index is 1090. The lowest BCUT2D eigenvalue weighted by atomic mass is 9.99. The van der Waals surface area contributed by atoms with Gasteiger partial charge in [-0.15, -0.1) is 11.3 Å². The zero-order valence-electron chi connectivity index (χ0n) is 14.9. The third-order valence-corrected chi connectivity index (χ3v) is 5.83. The Labute approximate surface area is 171 Å². The van der Waals surface area contributed by atoms with Crippen molar-refractivity contribution in [3.8, 4) is 0 Å². The summed E-state index contributed by atoms with van der Waals surface area (Å²) in [6, 6.07) is 17.0. The number of ketones is 1. The second-order valence-corrected chi connectivity index (χ2v) is 7.95. The lowest BCUT2D eigenvalue weighted by molar-refractivity contribution is -0.132. The number of hydrogen-bond acceptors (Lipinski definition) is 4. The molecule has 0 spiro atoms. The Morgan fingerprint density at radius 3 is 2.46 bits per heavy atom. The van der Waals surface area contributed by atoms with Gasteiger partial charge in [0.15, 0.2) is 0 Å². The van der Waals surface area contributed by atoms with E-state index in [9.17, 15) is 14.7 Å². The minimum Gasteiger partial charge on any atom is -0.507 e. The Balaban J connectivity index is 1.93. The molecule has 4 rings (SSSR count). The van der Waals surface area contributed by atoms with Gasteiger partial charge in [-0.05, 0) is 36.6 Å². The average molecular weight is 410 g/mol. The summed E-state index contributed by atoms with van der Waals surface area (Å²) < 4.78 is 0. The first kappa shape index (κ1) is 18.5. The van der Waals surface area contributed by atoms with E-state index in [1.807, 2.05) is 36.6 Å². The quantitative estimate of drug-likeness (QED) is 0.361. The number of halogens is 1. The van der Waals surface area contributed by atoms with Crippen LogP contribution in [0.25, 0.3) is 5.76 Å². The van der Waals surface area contributed by atoms with Crippen molar-refractivity contribution < 1.29 is 14.7 Å². The third kappa shape index (κ3) is 3.13. The van der Waals surface area contributed by atoms with Crippen LogP contribution in [0.5, 0.6) is 0 Å². The molecular formula is C22H16ClNO3S. The van der Waals surface area contributed by atoms with Crippen LogP contribution in [0.3, 0.4) is 0 Å². The number of aliphatic hydroxyl groups is 1. The fraction of sp³-hybridized carbons (Fsp3) is 0.0909. The van der Waals surface area contributed by atoms with E-state index >= 15 is 0 Å². The van der Waals surface area contributed by atoms with Gasteiger partial charge in [-0.2, -0.15) is 0 Å². The number of carbonyl (C=O) groups is 2. The molecule has 3 aromatic rings. The van der Waals surface area contributed by atoms with Crippen LogP contribution in [0, 0.1) is 6.92 Å². The molecule has 0 aliphatic carbocycles. The van der Waals surface area contributed by atoms with E-state index in [-0.39, 0.29) is 11.3 Å². The number of amides is 1. The van der Waals surface area contributed by atoms with Gasteiger partial charge in [0.05, 0.1) is 5.57 Å². The van der Waals surface area contributed by atoms with Gasteiger partial charge in [0, 0.05) is 21.2 Å². The lowest BCUT2D eigenvalue weighted by Gasteiger charge is -2.24. The molecule has 28 heavy (non-hydrogen) atoms. The molecule has 2 aromatic carbocycles. The second-order valence-electron chi connectivity index (χ2n) is 6.53. The van der Waals surface area contributed by atoms with E-state index in [2.05, 4.69) is 0 Å². The monoisotopic (exact) mass is 409 g/mol. The zero-order valence-corrected chi connectivity index (χ0v) is 16.5. The molecule has 2 heterocycles. The first-order valence-electron chi connectivity index (χ1n) is 8.64. The predicted octanol–water partition coefficient (Wildman–Crippen LogP) is 5.34. The van der Waals surface area contributed by atoms with E-state index in [0.717, 1.165) is 10.4 Å². The molecule has 0 saturated carbocycles. The highest BCUT2D eigenvalue weighted by atomic mass is 35.5. The normalized spacial score (nSPS) is 18.6. The molecule has 1 unspecified atom stereocenters. The van der Waals surface area contributed by atoms with Crippen molar-refractivity contribution in [2.45, 2.75) is 13.0 Å². The molecule has 1 fully saturated rings. The Hall–Kier alpha value is -2.89. The van der Waals surface area contributed by atoms with Crippen molar-refractivity contribution in [2.75, 3.05) is 4.90 Å². The fourth-order valence-corrected chi connectivity index (χ4v) is 4.32. The van der Waals surface area contributed by atoms with Crippen LogP contribution in [0.15, 0.2) is 71.6 Å². The first-order chi connectivity index (χ1) is 13.5. The predicted molar refractivity (Wildman–Crippen MR) is 112 cm³/mol. The summed E-state index contributed by atoms with van der Waals surface area (Å²) in [7, 11) is 0. The maximum absolute atomic E-state index is 12.9. The summed E-state index contributed by atoms with van der Waals surface area (Å²) in [5.74, 6) is -1.58. The molecule has 1 aromatic heterocycles. The third-order valence-electron chi connectivity index (χ3n) is 4.67. The number of hydrogen-bond donors (Lipinski definition) is 1. The van der Waals surface area contributed by atoms with E-state index < -0.39 is 17.7 Å². The fourth-order valence-electron chi connectivity index (χ4n) is 3.31. The smallest absolute Gasteiger partial charge is 0.300 e. The maximum Gasteiger partial charge on any atom is 0.300 e. The van der Waals surface area contributed by atoms with Crippen molar-refractivity contribution in [3.05, 3.63) is 92.6 Å². The van der Waals surface area contributed by atoms with Crippen LogP contribution in [-0.4, -0.2) is 16.8 Å². The number of nitrogens with zero attached hydrogens (tertiary/aromatic N) is 1. The first-order valence-corrected chi connectivity index (χ1v) is 9.90. The molecule has 140 valence electrons. The van der Waals surface area contributed by atoms with Crippen molar-refractivity contribution >= 4 is 46.1 Å². The highest BCUT2D eigenvalue weighted by Gasteiger charge is 2.47. The Morgan fingerprint density at radius 2 is 1.82 bits per heavy atom. The van der Waals surface area contributed by atoms with Crippen LogP contribution in [0.2, 0.25) is 5.02 Å². The molecule has 1 atom stereocenters. The number of benzene rings is 2. The molecule has 6 heteroatoms. The number of anilines is 1. The molecular weight excluding hydrogens is 394 g/mol. The van der Waals surface area contributed by atoms with Crippen LogP contribution >= 0.6 is 22.9 Å². The largest absolute Gasteiger partial charge is 0.507 e. The lowest BCUT2D eigenvalue weighted by Crippen LogP contribution is -2.29. The zero-order chi connectivity index (χ0) is 19.8. The second kappa shape index (κ2) is 7.26. The number of rotatable bonds is 3. The standard InChI is InChI=1S/C22H16ClNO3S/c1-13-7-9-14(10-8-13)20(25)18-19(17-6-3-11-28-17)24(22(27)21(18)26)16-5-2-4-15(23)12-16/h2-12,19,25H,1H3/b20-18-. The Morgan fingerprint density at radius 1 is 1.07 bits per heavy atom. The molecule has 4 nitrogen and oxygen atoms in total. The number of thiophene rings is 1. The number of aliphatic hydroxyl groups excluding tert-OH is 1. The summed E-state index contributed by atoms with van der Waals surface area (Å²) in [5, 5.41) is 13.3. The Kier molecular flexibility index (Phi) is 4.79. The van der Waals surface area contributed by atoms with E-state index in [4.69, 9.17) is 11.6 Å². The number of Topliss-reactive ketones (excluding diaryl/α,β-unsaturated/α-hetero) is 1. The summed E-state index contributed by atoms with van der Waals surface area (Å²) in [4.78, 5) is 28.0. The minimum absolute atomic E-state index is 0.0799. The minimum atomic E-state index is -0.712. The number of carbonyl (C=O) groups excluding carboxylic acids is 2.